The number of nitrogens with zero attached hydrogens (tertiary/aromatic N) is 3. The first kappa shape index (κ1) is 21.0. The van der Waals surface area contributed by atoms with Gasteiger partial charge in [-0.1, -0.05) is 41.9 Å². The summed E-state index contributed by atoms with van der Waals surface area (Å²) in [7, 11) is -2.00. The number of nitrogens with one attached hydrogen (secondary N) is 1. The number of aromatic nitrogens is 2. The van der Waals surface area contributed by atoms with Gasteiger partial charge in [0.25, 0.3) is 10.0 Å². The van der Waals surface area contributed by atoms with Crippen molar-refractivity contribution >= 4 is 21.6 Å². The lowest BCUT2D eigenvalue weighted by Crippen LogP contribution is -2.36. The zero-order valence-electron chi connectivity index (χ0n) is 16.4. The van der Waals surface area contributed by atoms with Crippen LogP contribution >= 0.6 is 11.6 Å². The Morgan fingerprint density at radius 3 is 2.57 bits per heavy atom. The average molecular weight is 449 g/mol. The highest BCUT2D eigenvalue weighted by Gasteiger charge is 2.40. The van der Waals surface area contributed by atoms with Crippen LogP contribution in [-0.4, -0.2) is 41.4 Å². The fourth-order valence-corrected chi connectivity index (χ4v) is 5.42. The first-order valence-corrected chi connectivity index (χ1v) is 11.4. The molecule has 9 heteroatoms. The molecule has 2 heterocycles. The standard InChI is InChI=1S/C21H22ClFN4O2S/c1-26-13-21(25-14-26)30(28,29)27-11-18(15-6-8-17(23)9-7-15)20(12-27)24-10-16-4-2-3-5-19(16)22/h2-9,13-14,18,20,24H,10-12H2,1H3/t18-,20+/m1/s1. The fraction of sp³-hybridized carbons (Fsp3) is 0.286. The second kappa shape index (κ2) is 8.47. The van der Waals surface area contributed by atoms with E-state index in [0.29, 0.717) is 11.6 Å². The molecule has 1 N–H and O–H groups in total. The number of aryl methyl sites for hydroxylation is 1. The molecule has 158 valence electrons. The number of hydrogen-bond acceptors (Lipinski definition) is 4. The molecule has 1 aliphatic rings. The van der Waals surface area contributed by atoms with Crippen LogP contribution in [0.25, 0.3) is 0 Å². The summed E-state index contributed by atoms with van der Waals surface area (Å²) in [5.41, 5.74) is 1.81. The Bertz CT molecular complexity index is 1130. The van der Waals surface area contributed by atoms with E-state index in [-0.39, 0.29) is 35.9 Å². The number of halogens is 2. The number of benzene rings is 2. The first-order chi connectivity index (χ1) is 14.3. The molecule has 0 saturated carbocycles. The molecule has 2 aromatic carbocycles. The maximum Gasteiger partial charge on any atom is 0.262 e. The Balaban J connectivity index is 1.60. The molecular weight excluding hydrogens is 427 g/mol. The molecule has 0 aliphatic carbocycles. The summed E-state index contributed by atoms with van der Waals surface area (Å²) in [4.78, 5) is 4.02. The molecule has 0 unspecified atom stereocenters. The molecule has 0 amide bonds. The van der Waals surface area contributed by atoms with Gasteiger partial charge in [0.05, 0.1) is 6.33 Å². The highest BCUT2D eigenvalue weighted by molar-refractivity contribution is 7.89. The lowest BCUT2D eigenvalue weighted by molar-refractivity contribution is 0.454. The second-order valence-corrected chi connectivity index (χ2v) is 9.73. The predicted octanol–water partition coefficient (Wildman–Crippen LogP) is 3.16. The van der Waals surface area contributed by atoms with Gasteiger partial charge in [-0.05, 0) is 29.3 Å². The zero-order valence-corrected chi connectivity index (χ0v) is 17.9. The number of imidazole rings is 1. The largest absolute Gasteiger partial charge is 0.339 e. The minimum Gasteiger partial charge on any atom is -0.339 e. The van der Waals surface area contributed by atoms with Crippen molar-refractivity contribution < 1.29 is 12.8 Å². The van der Waals surface area contributed by atoms with Gasteiger partial charge in [-0.3, -0.25) is 0 Å². The Morgan fingerprint density at radius 1 is 1.17 bits per heavy atom. The van der Waals surface area contributed by atoms with Crippen molar-refractivity contribution in [2.24, 2.45) is 7.05 Å². The van der Waals surface area contributed by atoms with E-state index in [0.717, 1.165) is 11.1 Å². The quantitative estimate of drug-likeness (QED) is 0.629. The maximum absolute atomic E-state index is 13.4. The third-order valence-corrected chi connectivity index (χ3v) is 7.47. The third-order valence-electron chi connectivity index (χ3n) is 5.38. The van der Waals surface area contributed by atoms with Crippen molar-refractivity contribution in [3.8, 4) is 0 Å². The summed E-state index contributed by atoms with van der Waals surface area (Å²) in [5, 5.41) is 4.13. The zero-order chi connectivity index (χ0) is 21.3. The summed E-state index contributed by atoms with van der Waals surface area (Å²) >= 11 is 6.27. The summed E-state index contributed by atoms with van der Waals surface area (Å²) < 4.78 is 42.7. The van der Waals surface area contributed by atoms with Crippen LogP contribution in [-0.2, 0) is 23.6 Å². The number of rotatable bonds is 6. The minimum atomic E-state index is -3.73. The first-order valence-electron chi connectivity index (χ1n) is 9.55. The molecule has 2 atom stereocenters. The van der Waals surface area contributed by atoms with Crippen molar-refractivity contribution in [2.45, 2.75) is 23.5 Å². The van der Waals surface area contributed by atoms with Gasteiger partial charge in [0.15, 0.2) is 5.03 Å². The Kier molecular flexibility index (Phi) is 5.92. The molecule has 0 radical (unpaired) electrons. The molecule has 1 aromatic heterocycles. The summed E-state index contributed by atoms with van der Waals surface area (Å²) in [5.74, 6) is -0.457. The van der Waals surface area contributed by atoms with Crippen molar-refractivity contribution in [1.29, 1.82) is 0 Å². The van der Waals surface area contributed by atoms with E-state index in [4.69, 9.17) is 11.6 Å². The molecule has 1 saturated heterocycles. The minimum absolute atomic E-state index is 0.0228. The van der Waals surface area contributed by atoms with Gasteiger partial charge in [0, 0.05) is 49.9 Å². The maximum atomic E-state index is 13.4. The Labute approximate surface area is 180 Å². The van der Waals surface area contributed by atoms with Crippen LogP contribution in [0, 0.1) is 5.82 Å². The molecular formula is C21H22ClFN4O2S. The fourth-order valence-electron chi connectivity index (χ4n) is 3.76. The normalized spacial score (nSPS) is 20.0. The van der Waals surface area contributed by atoms with Gasteiger partial charge < -0.3 is 9.88 Å². The molecule has 6 nitrogen and oxygen atoms in total. The van der Waals surface area contributed by atoms with E-state index >= 15 is 0 Å². The molecule has 0 bridgehead atoms. The van der Waals surface area contributed by atoms with E-state index in [2.05, 4.69) is 10.3 Å². The lowest BCUT2D eigenvalue weighted by Gasteiger charge is -2.20. The van der Waals surface area contributed by atoms with Gasteiger partial charge in [0.2, 0.25) is 0 Å². The van der Waals surface area contributed by atoms with Crippen LogP contribution in [0.4, 0.5) is 4.39 Å². The topological polar surface area (TPSA) is 67.2 Å². The van der Waals surface area contributed by atoms with Crippen molar-refractivity contribution in [2.75, 3.05) is 13.1 Å². The Hall–Kier alpha value is -2.26. The van der Waals surface area contributed by atoms with Crippen LogP contribution < -0.4 is 5.32 Å². The van der Waals surface area contributed by atoms with Gasteiger partial charge in [-0.25, -0.2) is 17.8 Å². The van der Waals surface area contributed by atoms with Gasteiger partial charge in [-0.2, -0.15) is 4.31 Å². The van der Waals surface area contributed by atoms with Crippen molar-refractivity contribution in [3.63, 3.8) is 0 Å². The SMILES string of the molecule is Cn1cnc(S(=O)(=O)N2C[C@H](NCc3ccccc3Cl)[C@@H](c3ccc(F)cc3)C2)c1. The van der Waals surface area contributed by atoms with E-state index in [1.165, 1.54) is 29.0 Å². The number of sulfonamides is 1. The van der Waals surface area contributed by atoms with Gasteiger partial charge >= 0.3 is 0 Å². The molecule has 1 aliphatic heterocycles. The lowest BCUT2D eigenvalue weighted by atomic mass is 9.94. The van der Waals surface area contributed by atoms with Crippen LogP contribution in [0.3, 0.4) is 0 Å². The third kappa shape index (κ3) is 4.27. The Morgan fingerprint density at radius 2 is 1.90 bits per heavy atom. The van der Waals surface area contributed by atoms with Gasteiger partial charge in [0.1, 0.15) is 5.82 Å². The van der Waals surface area contributed by atoms with Crippen LogP contribution in [0.15, 0.2) is 66.1 Å². The highest BCUT2D eigenvalue weighted by Crippen LogP contribution is 2.32. The molecule has 4 rings (SSSR count). The van der Waals surface area contributed by atoms with E-state index in [1.54, 1.807) is 23.7 Å². The van der Waals surface area contributed by atoms with Gasteiger partial charge in [-0.15, -0.1) is 0 Å². The monoisotopic (exact) mass is 448 g/mol. The van der Waals surface area contributed by atoms with E-state index < -0.39 is 10.0 Å². The smallest absolute Gasteiger partial charge is 0.262 e. The predicted molar refractivity (Wildman–Crippen MR) is 113 cm³/mol. The summed E-state index contributed by atoms with van der Waals surface area (Å²) in [6.07, 6.45) is 2.96. The van der Waals surface area contributed by atoms with Crippen molar-refractivity contribution in [1.82, 2.24) is 19.2 Å². The second-order valence-electron chi connectivity index (χ2n) is 7.44. The van der Waals surface area contributed by atoms with Crippen LogP contribution in [0.5, 0.6) is 0 Å². The summed E-state index contributed by atoms with van der Waals surface area (Å²) in [6, 6.07) is 13.6. The summed E-state index contributed by atoms with van der Waals surface area (Å²) in [6.45, 7) is 1.07. The number of hydrogen-bond donors (Lipinski definition) is 1. The highest BCUT2D eigenvalue weighted by atomic mass is 35.5. The average Bonchev–Trinajstić information content (AvgIpc) is 3.35. The van der Waals surface area contributed by atoms with Crippen molar-refractivity contribution in [3.05, 3.63) is 83.0 Å². The van der Waals surface area contributed by atoms with E-state index in [9.17, 15) is 12.8 Å². The van der Waals surface area contributed by atoms with Crippen LogP contribution in [0.1, 0.15) is 17.0 Å². The van der Waals surface area contributed by atoms with E-state index in [1.807, 2.05) is 24.3 Å². The molecule has 30 heavy (non-hydrogen) atoms. The molecule has 3 aromatic rings. The van der Waals surface area contributed by atoms with Crippen LogP contribution in [0.2, 0.25) is 5.02 Å². The molecule has 1 fully saturated rings. The molecule has 0 spiro atoms.